The van der Waals surface area contributed by atoms with Gasteiger partial charge in [-0.2, -0.15) is 0 Å². The lowest BCUT2D eigenvalue weighted by Gasteiger charge is -2.15. The summed E-state index contributed by atoms with van der Waals surface area (Å²) in [6.07, 6.45) is 0. The molecule has 1 aromatic heterocycles. The maximum atomic E-state index is 11.4. The lowest BCUT2D eigenvalue weighted by atomic mass is 10.1. The Hall–Kier alpha value is -1.25. The molecule has 2 N–H and O–H groups in total. The molecule has 1 aromatic rings. The highest BCUT2D eigenvalue weighted by Crippen LogP contribution is 2.19. The van der Waals surface area contributed by atoms with Gasteiger partial charge in [0, 0.05) is 18.3 Å². The average molecular weight is 180 g/mol. The largest absolute Gasteiger partial charge is 0.397 e. The van der Waals surface area contributed by atoms with E-state index in [1.54, 1.807) is 10.6 Å². The predicted octanol–water partition coefficient (Wildman–Crippen LogP) is 1.57. The highest BCUT2D eigenvalue weighted by atomic mass is 16.1. The van der Waals surface area contributed by atoms with Crippen LogP contribution < -0.4 is 11.3 Å². The first-order valence-electron chi connectivity index (χ1n) is 4.57. The van der Waals surface area contributed by atoms with Gasteiger partial charge in [0.05, 0.1) is 5.69 Å². The van der Waals surface area contributed by atoms with Crippen LogP contribution in [0.1, 0.15) is 32.4 Å². The fourth-order valence-electron chi connectivity index (χ4n) is 1.58. The van der Waals surface area contributed by atoms with Crippen molar-refractivity contribution in [3.63, 3.8) is 0 Å². The molecule has 0 atom stereocenters. The van der Waals surface area contributed by atoms with Crippen molar-refractivity contribution in [1.82, 2.24) is 4.57 Å². The monoisotopic (exact) mass is 180 g/mol. The zero-order valence-electron chi connectivity index (χ0n) is 8.37. The standard InChI is InChI=1S/C10H16N2O/c1-4-12-9(13)6-5-8(11)10(12)7(2)3/h5-7H,4,11H2,1-3H3. The zero-order chi connectivity index (χ0) is 10.0. The molecule has 0 saturated heterocycles. The van der Waals surface area contributed by atoms with Crippen molar-refractivity contribution < 1.29 is 0 Å². The first kappa shape index (κ1) is 9.84. The molecule has 0 bridgehead atoms. The highest BCUT2D eigenvalue weighted by molar-refractivity contribution is 5.44. The van der Waals surface area contributed by atoms with E-state index in [0.29, 0.717) is 12.2 Å². The summed E-state index contributed by atoms with van der Waals surface area (Å²) in [5.74, 6) is 0.286. The number of nitrogens with zero attached hydrogens (tertiary/aromatic N) is 1. The molecule has 1 heterocycles. The summed E-state index contributed by atoms with van der Waals surface area (Å²) >= 11 is 0. The predicted molar refractivity (Wildman–Crippen MR) is 54.9 cm³/mol. The molecule has 0 saturated carbocycles. The second-order valence-corrected chi connectivity index (χ2v) is 3.41. The van der Waals surface area contributed by atoms with E-state index in [0.717, 1.165) is 5.69 Å². The Morgan fingerprint density at radius 2 is 2.08 bits per heavy atom. The number of anilines is 1. The molecule has 0 aliphatic rings. The zero-order valence-corrected chi connectivity index (χ0v) is 8.37. The van der Waals surface area contributed by atoms with E-state index in [-0.39, 0.29) is 11.5 Å². The molecule has 1 rings (SSSR count). The molecule has 3 nitrogen and oxygen atoms in total. The number of hydrogen-bond donors (Lipinski definition) is 1. The fourth-order valence-corrected chi connectivity index (χ4v) is 1.58. The van der Waals surface area contributed by atoms with Crippen molar-refractivity contribution in [2.24, 2.45) is 0 Å². The Labute approximate surface area is 78.2 Å². The molecule has 0 spiro atoms. The Balaban J connectivity index is 3.44. The van der Waals surface area contributed by atoms with Gasteiger partial charge in [-0.25, -0.2) is 0 Å². The molecular weight excluding hydrogens is 164 g/mol. The van der Waals surface area contributed by atoms with Crippen LogP contribution in [0.15, 0.2) is 16.9 Å². The number of hydrogen-bond acceptors (Lipinski definition) is 2. The second kappa shape index (κ2) is 3.64. The van der Waals surface area contributed by atoms with E-state index in [1.165, 1.54) is 6.07 Å². The molecule has 0 amide bonds. The summed E-state index contributed by atoms with van der Waals surface area (Å²) in [4.78, 5) is 11.4. The third-order valence-corrected chi connectivity index (χ3v) is 2.12. The van der Waals surface area contributed by atoms with Crippen molar-refractivity contribution in [1.29, 1.82) is 0 Å². The molecule has 3 heteroatoms. The van der Waals surface area contributed by atoms with Crippen LogP contribution >= 0.6 is 0 Å². The molecule has 13 heavy (non-hydrogen) atoms. The van der Waals surface area contributed by atoms with Gasteiger partial charge in [0.15, 0.2) is 0 Å². The van der Waals surface area contributed by atoms with Crippen LogP contribution in [0.4, 0.5) is 5.69 Å². The molecule has 0 aromatic carbocycles. The van der Waals surface area contributed by atoms with Gasteiger partial charge in [-0.15, -0.1) is 0 Å². The van der Waals surface area contributed by atoms with Gasteiger partial charge < -0.3 is 10.3 Å². The normalized spacial score (nSPS) is 10.8. The Morgan fingerprint density at radius 3 is 2.46 bits per heavy atom. The van der Waals surface area contributed by atoms with E-state index in [1.807, 2.05) is 20.8 Å². The van der Waals surface area contributed by atoms with Crippen molar-refractivity contribution in [2.45, 2.75) is 33.2 Å². The smallest absolute Gasteiger partial charge is 0.250 e. The van der Waals surface area contributed by atoms with Gasteiger partial charge in [-0.1, -0.05) is 13.8 Å². The first-order chi connectivity index (χ1) is 6.07. The second-order valence-electron chi connectivity index (χ2n) is 3.41. The van der Waals surface area contributed by atoms with E-state index in [9.17, 15) is 4.79 Å². The van der Waals surface area contributed by atoms with Crippen LogP contribution in [0.2, 0.25) is 0 Å². The van der Waals surface area contributed by atoms with Crippen molar-refractivity contribution in [2.75, 3.05) is 5.73 Å². The van der Waals surface area contributed by atoms with Gasteiger partial charge in [-0.3, -0.25) is 4.79 Å². The third kappa shape index (κ3) is 1.74. The minimum atomic E-state index is 0.0281. The van der Waals surface area contributed by atoms with Crippen LogP contribution in [-0.4, -0.2) is 4.57 Å². The summed E-state index contributed by atoms with van der Waals surface area (Å²) in [6, 6.07) is 3.20. The summed E-state index contributed by atoms with van der Waals surface area (Å²) in [5, 5.41) is 0. The van der Waals surface area contributed by atoms with Crippen molar-refractivity contribution in [3.8, 4) is 0 Å². The minimum Gasteiger partial charge on any atom is -0.397 e. The lowest BCUT2D eigenvalue weighted by Crippen LogP contribution is -2.23. The molecule has 0 fully saturated rings. The summed E-state index contributed by atoms with van der Waals surface area (Å²) in [7, 11) is 0. The summed E-state index contributed by atoms with van der Waals surface area (Å²) in [6.45, 7) is 6.71. The Morgan fingerprint density at radius 1 is 1.46 bits per heavy atom. The van der Waals surface area contributed by atoms with E-state index in [2.05, 4.69) is 0 Å². The quantitative estimate of drug-likeness (QED) is 0.751. The highest BCUT2D eigenvalue weighted by Gasteiger charge is 2.09. The van der Waals surface area contributed by atoms with E-state index in [4.69, 9.17) is 5.73 Å². The average Bonchev–Trinajstić information content (AvgIpc) is 2.07. The number of rotatable bonds is 2. The third-order valence-electron chi connectivity index (χ3n) is 2.12. The van der Waals surface area contributed by atoms with Crippen LogP contribution in [0.5, 0.6) is 0 Å². The van der Waals surface area contributed by atoms with Crippen molar-refractivity contribution in [3.05, 3.63) is 28.2 Å². The van der Waals surface area contributed by atoms with Gasteiger partial charge >= 0.3 is 0 Å². The topological polar surface area (TPSA) is 48.0 Å². The minimum absolute atomic E-state index is 0.0281. The van der Waals surface area contributed by atoms with E-state index >= 15 is 0 Å². The lowest BCUT2D eigenvalue weighted by molar-refractivity contribution is 0.643. The number of aromatic nitrogens is 1. The van der Waals surface area contributed by atoms with E-state index < -0.39 is 0 Å². The molecule has 0 radical (unpaired) electrons. The Bertz CT molecular complexity index is 352. The first-order valence-corrected chi connectivity index (χ1v) is 4.57. The van der Waals surface area contributed by atoms with Crippen LogP contribution in [-0.2, 0) is 6.54 Å². The van der Waals surface area contributed by atoms with Gasteiger partial charge in [-0.05, 0) is 18.9 Å². The number of nitrogen functional groups attached to an aromatic ring is 1. The molecule has 0 unspecified atom stereocenters. The number of pyridine rings is 1. The van der Waals surface area contributed by atoms with Crippen LogP contribution in [0, 0.1) is 0 Å². The maximum absolute atomic E-state index is 11.4. The van der Waals surface area contributed by atoms with Gasteiger partial charge in [0.2, 0.25) is 0 Å². The SMILES string of the molecule is CCn1c(C(C)C)c(N)ccc1=O. The van der Waals surface area contributed by atoms with Crippen LogP contribution in [0.25, 0.3) is 0 Å². The summed E-state index contributed by atoms with van der Waals surface area (Å²) in [5.41, 5.74) is 7.48. The fraction of sp³-hybridized carbons (Fsp3) is 0.500. The Kier molecular flexibility index (Phi) is 2.76. The van der Waals surface area contributed by atoms with Gasteiger partial charge in [0.25, 0.3) is 5.56 Å². The summed E-state index contributed by atoms with van der Waals surface area (Å²) < 4.78 is 1.72. The molecular formula is C10H16N2O. The molecule has 0 aliphatic heterocycles. The molecule has 0 aliphatic carbocycles. The molecule has 72 valence electrons. The maximum Gasteiger partial charge on any atom is 0.250 e. The van der Waals surface area contributed by atoms with Gasteiger partial charge in [0.1, 0.15) is 0 Å². The van der Waals surface area contributed by atoms with Crippen molar-refractivity contribution >= 4 is 5.69 Å². The number of nitrogens with two attached hydrogens (primary N) is 1. The van der Waals surface area contributed by atoms with Crippen LogP contribution in [0.3, 0.4) is 0 Å².